The Morgan fingerprint density at radius 2 is 1.76 bits per heavy atom. The molecule has 0 bridgehead atoms. The van der Waals surface area contributed by atoms with Gasteiger partial charge < -0.3 is 4.74 Å². The predicted octanol–water partition coefficient (Wildman–Crippen LogP) is 4.24. The van der Waals surface area contributed by atoms with Crippen LogP contribution in [0.3, 0.4) is 0 Å². The van der Waals surface area contributed by atoms with Crippen molar-refractivity contribution < 1.29 is 4.74 Å². The van der Waals surface area contributed by atoms with Gasteiger partial charge in [-0.3, -0.25) is 0 Å². The van der Waals surface area contributed by atoms with Crippen molar-refractivity contribution in [1.29, 1.82) is 0 Å². The average molecular weight is 230 g/mol. The lowest BCUT2D eigenvalue weighted by atomic mass is 10.0. The van der Waals surface area contributed by atoms with Crippen LogP contribution in [0.25, 0.3) is 0 Å². The van der Waals surface area contributed by atoms with Gasteiger partial charge >= 0.3 is 0 Å². The molecule has 0 amide bonds. The molecule has 0 aliphatic rings. The van der Waals surface area contributed by atoms with Gasteiger partial charge in [0.25, 0.3) is 0 Å². The lowest BCUT2D eigenvalue weighted by Gasteiger charge is -2.10. The van der Waals surface area contributed by atoms with Crippen molar-refractivity contribution in [3.8, 4) is 18.1 Å². The Balaban J connectivity index is 2.53. The summed E-state index contributed by atoms with van der Waals surface area (Å²) in [6.45, 7) is 7.08. The summed E-state index contributed by atoms with van der Waals surface area (Å²) in [5, 5.41) is 0. The third-order valence-corrected chi connectivity index (χ3v) is 2.92. The Morgan fingerprint density at radius 3 is 2.29 bits per heavy atom. The number of hydrogen-bond donors (Lipinski definition) is 0. The lowest BCUT2D eigenvalue weighted by Crippen LogP contribution is -1.99. The van der Waals surface area contributed by atoms with Gasteiger partial charge in [-0.2, -0.15) is 0 Å². The van der Waals surface area contributed by atoms with E-state index in [2.05, 4.69) is 12.8 Å². The summed E-state index contributed by atoms with van der Waals surface area (Å²) in [5.41, 5.74) is 3.23. The third-order valence-electron chi connectivity index (χ3n) is 2.92. The first-order valence-electron chi connectivity index (χ1n) is 6.39. The van der Waals surface area contributed by atoms with Crippen LogP contribution in [0.1, 0.15) is 49.3 Å². The molecule has 0 atom stereocenters. The third kappa shape index (κ3) is 4.15. The maximum atomic E-state index is 5.75. The molecule has 0 aliphatic carbocycles. The number of terminal acetylenes is 1. The molecular weight excluding hydrogens is 208 g/mol. The number of ether oxygens (including phenoxy) is 1. The van der Waals surface area contributed by atoms with Gasteiger partial charge in [-0.25, -0.2) is 0 Å². The molecule has 1 rings (SSSR count). The lowest BCUT2D eigenvalue weighted by molar-refractivity contribution is 0.304. The molecule has 0 fully saturated rings. The van der Waals surface area contributed by atoms with Gasteiger partial charge in [0.2, 0.25) is 0 Å². The number of aryl methyl sites for hydroxylation is 2. The molecule has 1 heteroatoms. The summed E-state index contributed by atoms with van der Waals surface area (Å²) in [5.74, 6) is 3.66. The molecule has 1 aromatic carbocycles. The van der Waals surface area contributed by atoms with Gasteiger partial charge in [-0.15, -0.1) is 6.42 Å². The zero-order valence-corrected chi connectivity index (χ0v) is 11.2. The summed E-state index contributed by atoms with van der Waals surface area (Å²) in [7, 11) is 0. The molecule has 0 saturated heterocycles. The summed E-state index contributed by atoms with van der Waals surface area (Å²) in [6, 6.07) is 4.06. The van der Waals surface area contributed by atoms with Gasteiger partial charge in [0.05, 0.1) is 6.61 Å². The van der Waals surface area contributed by atoms with Crippen molar-refractivity contribution in [2.24, 2.45) is 0 Å². The molecule has 0 aliphatic heterocycles. The van der Waals surface area contributed by atoms with Crippen molar-refractivity contribution in [3.05, 3.63) is 28.8 Å². The fourth-order valence-corrected chi connectivity index (χ4v) is 1.95. The zero-order chi connectivity index (χ0) is 12.7. The van der Waals surface area contributed by atoms with Crippen molar-refractivity contribution in [1.82, 2.24) is 0 Å². The molecule has 0 aromatic heterocycles. The molecule has 0 saturated carbocycles. The second kappa shape index (κ2) is 7.01. The molecule has 0 unspecified atom stereocenters. The monoisotopic (exact) mass is 230 g/mol. The van der Waals surface area contributed by atoms with E-state index in [-0.39, 0.29) is 0 Å². The van der Waals surface area contributed by atoms with Crippen LogP contribution in [0.5, 0.6) is 5.75 Å². The molecule has 1 nitrogen and oxygen atoms in total. The molecule has 1 aromatic rings. The minimum absolute atomic E-state index is 0.800. The van der Waals surface area contributed by atoms with Crippen molar-refractivity contribution in [2.75, 3.05) is 6.61 Å². The summed E-state index contributed by atoms with van der Waals surface area (Å²) < 4.78 is 5.75. The fourth-order valence-electron chi connectivity index (χ4n) is 1.95. The van der Waals surface area contributed by atoms with Crippen LogP contribution in [-0.4, -0.2) is 6.61 Å². The normalized spacial score (nSPS) is 10.0. The van der Waals surface area contributed by atoms with Gasteiger partial charge in [0.15, 0.2) is 0 Å². The topological polar surface area (TPSA) is 9.23 Å². The van der Waals surface area contributed by atoms with Crippen molar-refractivity contribution in [2.45, 2.75) is 46.5 Å². The van der Waals surface area contributed by atoms with Crippen molar-refractivity contribution in [3.63, 3.8) is 0 Å². The van der Waals surface area contributed by atoms with Gasteiger partial charge in [0, 0.05) is 5.56 Å². The smallest absolute Gasteiger partial charge is 0.119 e. The van der Waals surface area contributed by atoms with Crippen LogP contribution in [0.2, 0.25) is 0 Å². The van der Waals surface area contributed by atoms with E-state index in [1.165, 1.54) is 19.3 Å². The van der Waals surface area contributed by atoms with E-state index in [1.807, 2.05) is 26.0 Å². The Bertz CT molecular complexity index is 375. The van der Waals surface area contributed by atoms with Crippen LogP contribution in [-0.2, 0) is 0 Å². The van der Waals surface area contributed by atoms with Crippen LogP contribution in [0.4, 0.5) is 0 Å². The van der Waals surface area contributed by atoms with Gasteiger partial charge in [0.1, 0.15) is 5.75 Å². The molecule has 0 heterocycles. The zero-order valence-electron chi connectivity index (χ0n) is 11.2. The van der Waals surface area contributed by atoms with E-state index < -0.39 is 0 Å². The first kappa shape index (κ1) is 13.6. The van der Waals surface area contributed by atoms with Crippen LogP contribution in [0.15, 0.2) is 12.1 Å². The van der Waals surface area contributed by atoms with Gasteiger partial charge in [-0.05, 0) is 43.5 Å². The number of benzene rings is 1. The van der Waals surface area contributed by atoms with Crippen LogP contribution < -0.4 is 4.74 Å². The molecule has 0 radical (unpaired) electrons. The fraction of sp³-hybridized carbons (Fsp3) is 0.500. The maximum absolute atomic E-state index is 5.75. The molecule has 0 spiro atoms. The Morgan fingerprint density at radius 1 is 1.12 bits per heavy atom. The predicted molar refractivity (Wildman–Crippen MR) is 73.5 cm³/mol. The minimum atomic E-state index is 0.800. The number of unbranched alkanes of at least 4 members (excludes halogenated alkanes) is 3. The summed E-state index contributed by atoms with van der Waals surface area (Å²) >= 11 is 0. The van der Waals surface area contributed by atoms with Crippen LogP contribution >= 0.6 is 0 Å². The van der Waals surface area contributed by atoms with Gasteiger partial charge in [-0.1, -0.05) is 32.1 Å². The Labute approximate surface area is 105 Å². The van der Waals surface area contributed by atoms with E-state index in [4.69, 9.17) is 11.2 Å². The SMILES string of the molecule is C#Cc1c(C)cc(OCCCCCC)cc1C. The maximum Gasteiger partial charge on any atom is 0.119 e. The van der Waals surface area contributed by atoms with E-state index >= 15 is 0 Å². The van der Waals surface area contributed by atoms with E-state index in [1.54, 1.807) is 0 Å². The minimum Gasteiger partial charge on any atom is -0.494 e. The second-order valence-corrected chi connectivity index (χ2v) is 4.49. The first-order chi connectivity index (χ1) is 8.19. The molecule has 0 N–H and O–H groups in total. The van der Waals surface area contributed by atoms with Crippen molar-refractivity contribution >= 4 is 0 Å². The highest BCUT2D eigenvalue weighted by molar-refractivity contribution is 5.49. The highest BCUT2D eigenvalue weighted by Crippen LogP contribution is 2.21. The molecular formula is C16H22O. The average Bonchev–Trinajstić information content (AvgIpc) is 2.28. The highest BCUT2D eigenvalue weighted by atomic mass is 16.5. The van der Waals surface area contributed by atoms with Crippen LogP contribution in [0, 0.1) is 26.2 Å². The largest absolute Gasteiger partial charge is 0.494 e. The Hall–Kier alpha value is -1.42. The van der Waals surface area contributed by atoms with E-state index in [9.17, 15) is 0 Å². The van der Waals surface area contributed by atoms with E-state index in [0.717, 1.165) is 35.5 Å². The number of rotatable bonds is 6. The molecule has 92 valence electrons. The number of hydrogen-bond acceptors (Lipinski definition) is 1. The summed E-state index contributed by atoms with van der Waals surface area (Å²) in [6.07, 6.45) is 10.4. The first-order valence-corrected chi connectivity index (χ1v) is 6.39. The Kier molecular flexibility index (Phi) is 5.63. The highest BCUT2D eigenvalue weighted by Gasteiger charge is 2.03. The second-order valence-electron chi connectivity index (χ2n) is 4.49. The molecule has 17 heavy (non-hydrogen) atoms. The summed E-state index contributed by atoms with van der Waals surface area (Å²) in [4.78, 5) is 0. The quantitative estimate of drug-likeness (QED) is 0.524. The van der Waals surface area contributed by atoms with E-state index in [0.29, 0.717) is 0 Å². The standard InChI is InChI=1S/C16H22O/c1-5-7-8-9-10-17-15-11-13(3)16(6-2)14(4)12-15/h2,11-12H,5,7-10H2,1,3-4H3.